The van der Waals surface area contributed by atoms with Gasteiger partial charge in [-0.3, -0.25) is 9.59 Å². The summed E-state index contributed by atoms with van der Waals surface area (Å²) in [5, 5.41) is 13.7. The maximum Gasteiger partial charge on any atom is 0.255 e. The van der Waals surface area contributed by atoms with Gasteiger partial charge in [-0.1, -0.05) is 46.9 Å². The Bertz CT molecular complexity index is 1360. The SMILES string of the molecule is O=C(Nc1ccc(O)c2c(=O)cc(-c3ccccc3Cl)oc12)c1ccc(Cl)c(Cl)c1. The molecule has 0 fully saturated rings. The van der Waals surface area contributed by atoms with Crippen molar-refractivity contribution in [3.63, 3.8) is 0 Å². The molecule has 8 heteroatoms. The highest BCUT2D eigenvalue weighted by molar-refractivity contribution is 6.42. The molecule has 5 nitrogen and oxygen atoms in total. The number of phenols is 1. The summed E-state index contributed by atoms with van der Waals surface area (Å²) in [7, 11) is 0. The molecule has 0 aliphatic carbocycles. The molecule has 0 spiro atoms. The van der Waals surface area contributed by atoms with Crippen LogP contribution in [-0.4, -0.2) is 11.0 Å². The topological polar surface area (TPSA) is 79.5 Å². The molecule has 0 saturated heterocycles. The number of benzene rings is 3. The number of carbonyl (C=O) groups is 1. The van der Waals surface area contributed by atoms with Gasteiger partial charge in [0.15, 0.2) is 11.0 Å². The van der Waals surface area contributed by atoms with E-state index in [1.54, 1.807) is 24.3 Å². The number of nitrogens with one attached hydrogen (secondary N) is 1. The maximum absolute atomic E-state index is 12.7. The smallest absolute Gasteiger partial charge is 0.255 e. The molecule has 30 heavy (non-hydrogen) atoms. The van der Waals surface area contributed by atoms with E-state index in [1.807, 2.05) is 0 Å². The number of hydrogen-bond acceptors (Lipinski definition) is 4. The van der Waals surface area contributed by atoms with Crippen LogP contribution in [0.1, 0.15) is 10.4 Å². The number of carbonyl (C=O) groups excluding carboxylic acids is 1. The van der Waals surface area contributed by atoms with Crippen LogP contribution < -0.4 is 10.7 Å². The van der Waals surface area contributed by atoms with Crippen molar-refractivity contribution in [2.24, 2.45) is 0 Å². The summed E-state index contributed by atoms with van der Waals surface area (Å²) in [6.45, 7) is 0. The van der Waals surface area contributed by atoms with Crippen LogP contribution in [0.25, 0.3) is 22.3 Å². The number of phenolic OH excluding ortho intramolecular Hbond substituents is 1. The highest BCUT2D eigenvalue weighted by Crippen LogP contribution is 2.34. The van der Waals surface area contributed by atoms with Gasteiger partial charge in [-0.15, -0.1) is 0 Å². The Labute approximate surface area is 185 Å². The molecule has 0 atom stereocenters. The number of fused-ring (bicyclic) bond motifs is 1. The van der Waals surface area contributed by atoms with Crippen molar-refractivity contribution >= 4 is 57.4 Å². The zero-order valence-corrected chi connectivity index (χ0v) is 17.3. The molecular weight excluding hydrogens is 449 g/mol. The standard InChI is InChI=1S/C22H12Cl3NO4/c23-13-4-2-1-3-12(13)19-10-18(28)20-17(27)8-7-16(21(20)30-19)26-22(29)11-5-6-14(24)15(25)9-11/h1-10,27H,(H,26,29). The Kier molecular flexibility index (Phi) is 5.43. The fourth-order valence-corrected chi connectivity index (χ4v) is 3.50. The number of halogens is 3. The second-order valence-corrected chi connectivity index (χ2v) is 7.60. The normalized spacial score (nSPS) is 10.9. The molecule has 0 radical (unpaired) electrons. The van der Waals surface area contributed by atoms with Crippen LogP contribution >= 0.6 is 34.8 Å². The first-order valence-corrected chi connectivity index (χ1v) is 9.79. The molecule has 0 aliphatic rings. The quantitative estimate of drug-likeness (QED) is 0.348. The summed E-state index contributed by atoms with van der Waals surface area (Å²) in [6, 6.07) is 15.3. The van der Waals surface area contributed by atoms with Crippen LogP contribution in [0.5, 0.6) is 5.75 Å². The highest BCUT2D eigenvalue weighted by Gasteiger charge is 2.18. The monoisotopic (exact) mass is 459 g/mol. The first kappa shape index (κ1) is 20.3. The van der Waals surface area contributed by atoms with Crippen LogP contribution in [0, 0.1) is 0 Å². The van der Waals surface area contributed by atoms with E-state index in [1.165, 1.54) is 36.4 Å². The minimum atomic E-state index is -0.494. The Morgan fingerprint density at radius 3 is 2.40 bits per heavy atom. The Morgan fingerprint density at radius 2 is 1.67 bits per heavy atom. The molecule has 4 rings (SSSR count). The molecule has 0 aliphatic heterocycles. The average molecular weight is 461 g/mol. The molecule has 3 aromatic carbocycles. The number of amides is 1. The third kappa shape index (κ3) is 3.75. The van der Waals surface area contributed by atoms with Crippen LogP contribution in [0.4, 0.5) is 5.69 Å². The Hall–Kier alpha value is -2.99. The number of rotatable bonds is 3. The molecule has 4 aromatic rings. The Morgan fingerprint density at radius 1 is 0.900 bits per heavy atom. The maximum atomic E-state index is 12.7. The van der Waals surface area contributed by atoms with E-state index in [4.69, 9.17) is 39.2 Å². The minimum absolute atomic E-state index is 0.0193. The van der Waals surface area contributed by atoms with Crippen molar-refractivity contribution in [2.45, 2.75) is 0 Å². The molecule has 1 aromatic heterocycles. The Balaban J connectivity index is 1.85. The lowest BCUT2D eigenvalue weighted by molar-refractivity contribution is 0.102. The van der Waals surface area contributed by atoms with Crippen LogP contribution in [0.2, 0.25) is 15.1 Å². The predicted molar refractivity (Wildman–Crippen MR) is 119 cm³/mol. The zero-order valence-electron chi connectivity index (χ0n) is 15.1. The van der Waals surface area contributed by atoms with Gasteiger partial charge < -0.3 is 14.8 Å². The summed E-state index contributed by atoms with van der Waals surface area (Å²) < 4.78 is 5.89. The highest BCUT2D eigenvalue weighted by atomic mass is 35.5. The third-order valence-electron chi connectivity index (χ3n) is 4.43. The second kappa shape index (κ2) is 8.03. The largest absolute Gasteiger partial charge is 0.507 e. The van der Waals surface area contributed by atoms with Crippen molar-refractivity contribution in [1.29, 1.82) is 0 Å². The summed E-state index contributed by atoms with van der Waals surface area (Å²) in [6.07, 6.45) is 0. The second-order valence-electron chi connectivity index (χ2n) is 6.37. The van der Waals surface area contributed by atoms with Gasteiger partial charge in [0.1, 0.15) is 16.9 Å². The van der Waals surface area contributed by atoms with Crippen molar-refractivity contribution in [3.8, 4) is 17.1 Å². The molecule has 2 N–H and O–H groups in total. The minimum Gasteiger partial charge on any atom is -0.507 e. The van der Waals surface area contributed by atoms with Crippen molar-refractivity contribution in [3.05, 3.63) is 91.5 Å². The van der Waals surface area contributed by atoms with Gasteiger partial charge in [-0.05, 0) is 42.5 Å². The predicted octanol–water partition coefficient (Wildman–Crippen LogP) is 6.38. The summed E-state index contributed by atoms with van der Waals surface area (Å²) in [5.74, 6) is -0.558. The molecule has 0 saturated carbocycles. The van der Waals surface area contributed by atoms with Gasteiger partial charge in [0.2, 0.25) is 0 Å². The first-order valence-electron chi connectivity index (χ1n) is 8.66. The lowest BCUT2D eigenvalue weighted by Crippen LogP contribution is -2.13. The molecule has 1 amide bonds. The van der Waals surface area contributed by atoms with Gasteiger partial charge >= 0.3 is 0 Å². The van der Waals surface area contributed by atoms with E-state index in [0.717, 1.165) is 0 Å². The molecule has 0 unspecified atom stereocenters. The van der Waals surface area contributed by atoms with Crippen LogP contribution in [0.15, 0.2) is 69.9 Å². The van der Waals surface area contributed by atoms with Crippen molar-refractivity contribution in [2.75, 3.05) is 5.32 Å². The third-order valence-corrected chi connectivity index (χ3v) is 5.49. The van der Waals surface area contributed by atoms with Crippen molar-refractivity contribution in [1.82, 2.24) is 0 Å². The van der Waals surface area contributed by atoms with Gasteiger partial charge in [0.05, 0.1) is 20.8 Å². The number of aromatic hydroxyl groups is 1. The fourth-order valence-electron chi connectivity index (χ4n) is 2.97. The molecule has 150 valence electrons. The lowest BCUT2D eigenvalue weighted by atomic mass is 10.1. The van der Waals surface area contributed by atoms with Crippen molar-refractivity contribution < 1.29 is 14.3 Å². The van der Waals surface area contributed by atoms with Crippen LogP contribution in [0.3, 0.4) is 0 Å². The van der Waals surface area contributed by atoms with E-state index < -0.39 is 11.3 Å². The van der Waals surface area contributed by atoms with E-state index >= 15 is 0 Å². The van der Waals surface area contributed by atoms with Gasteiger partial charge in [-0.2, -0.15) is 0 Å². The van der Waals surface area contributed by atoms with Gasteiger partial charge in [-0.25, -0.2) is 0 Å². The van der Waals surface area contributed by atoms with E-state index in [9.17, 15) is 14.7 Å². The van der Waals surface area contributed by atoms with Gasteiger partial charge in [0.25, 0.3) is 5.91 Å². The summed E-state index contributed by atoms with van der Waals surface area (Å²) >= 11 is 18.1. The average Bonchev–Trinajstić information content (AvgIpc) is 2.72. The molecule has 0 bridgehead atoms. The van der Waals surface area contributed by atoms with E-state index in [-0.39, 0.29) is 38.8 Å². The molecule has 1 heterocycles. The summed E-state index contributed by atoms with van der Waals surface area (Å²) in [5.41, 5.74) is 0.503. The lowest BCUT2D eigenvalue weighted by Gasteiger charge is -2.11. The fraction of sp³-hybridized carbons (Fsp3) is 0. The summed E-state index contributed by atoms with van der Waals surface area (Å²) in [4.78, 5) is 25.4. The van der Waals surface area contributed by atoms with E-state index in [0.29, 0.717) is 15.6 Å². The van der Waals surface area contributed by atoms with Crippen LogP contribution in [-0.2, 0) is 0 Å². The van der Waals surface area contributed by atoms with Gasteiger partial charge in [0, 0.05) is 17.2 Å². The first-order chi connectivity index (χ1) is 14.3. The molecular formula is C22H12Cl3NO4. The van der Waals surface area contributed by atoms with E-state index in [2.05, 4.69) is 5.32 Å². The zero-order chi connectivity index (χ0) is 21.4. The number of anilines is 1. The number of hydrogen-bond donors (Lipinski definition) is 2.